The van der Waals surface area contributed by atoms with E-state index >= 15 is 0 Å². The van der Waals surface area contributed by atoms with Crippen LogP contribution in [-0.4, -0.2) is 35.7 Å². The Bertz CT molecular complexity index is 737. The molecule has 2 aromatic rings. The second-order valence-corrected chi connectivity index (χ2v) is 3.70. The number of nitrogen functional groups attached to an aromatic ring is 1. The van der Waals surface area contributed by atoms with E-state index in [-0.39, 0.29) is 5.82 Å². The number of rotatable bonds is 4. The minimum atomic E-state index is -1.59. The molecule has 0 saturated carbocycles. The van der Waals surface area contributed by atoms with Crippen molar-refractivity contribution in [2.75, 3.05) is 5.73 Å². The molecule has 0 unspecified atom stereocenters. The lowest BCUT2D eigenvalue weighted by atomic mass is 10.4. The third-order valence-electron chi connectivity index (χ3n) is 2.41. The Labute approximate surface area is 114 Å². The van der Waals surface area contributed by atoms with E-state index in [0.29, 0.717) is 0 Å². The van der Waals surface area contributed by atoms with Gasteiger partial charge in [-0.3, -0.25) is 20.2 Å². The molecule has 0 fully saturated rings. The van der Waals surface area contributed by atoms with E-state index in [1.165, 1.54) is 0 Å². The quantitative estimate of drug-likeness (QED) is 0.594. The molecular formula is C9H6N6O6. The summed E-state index contributed by atoms with van der Waals surface area (Å²) < 4.78 is 0.807. The smallest absolute Gasteiger partial charge is 0.363 e. The summed E-state index contributed by atoms with van der Waals surface area (Å²) in [5.74, 6) is -2.10. The highest BCUT2D eigenvalue weighted by atomic mass is 16.6. The molecule has 0 amide bonds. The van der Waals surface area contributed by atoms with Gasteiger partial charge in [-0.05, 0) is 6.07 Å². The monoisotopic (exact) mass is 294 g/mol. The van der Waals surface area contributed by atoms with E-state index in [4.69, 9.17) is 10.8 Å². The number of nitro groups is 2. The second-order valence-electron chi connectivity index (χ2n) is 3.70. The highest BCUT2D eigenvalue weighted by molar-refractivity contribution is 5.89. The number of carbonyl (C=O) groups is 1. The van der Waals surface area contributed by atoms with E-state index in [0.717, 1.165) is 23.0 Å². The molecule has 0 atom stereocenters. The normalized spacial score (nSPS) is 10.3. The van der Waals surface area contributed by atoms with Crippen LogP contribution in [0.25, 0.3) is 5.82 Å². The zero-order valence-electron chi connectivity index (χ0n) is 10.0. The van der Waals surface area contributed by atoms with E-state index < -0.39 is 38.7 Å². The molecule has 12 nitrogen and oxygen atoms in total. The molecule has 0 saturated heterocycles. The number of carboxylic acid groups (broad SMARTS) is 1. The standard InChI is InChI=1S/C9H6N6O6/c10-8-4(14(18)19)1-2-6(11-8)13-3-5(15(20)21)7(12-13)9(16)17/h1-3H,(H2,10,11)(H,16,17). The number of nitrogens with two attached hydrogens (primary N) is 1. The molecule has 2 aromatic heterocycles. The van der Waals surface area contributed by atoms with Crippen LogP contribution in [0.3, 0.4) is 0 Å². The van der Waals surface area contributed by atoms with Crippen LogP contribution in [0.5, 0.6) is 0 Å². The SMILES string of the molecule is Nc1nc(-n2cc([N+](=O)[O-])c(C(=O)O)n2)ccc1[N+](=O)[O-]. The van der Waals surface area contributed by atoms with Gasteiger partial charge in [-0.1, -0.05) is 0 Å². The number of aromatic nitrogens is 3. The largest absolute Gasteiger partial charge is 0.476 e. The zero-order valence-corrected chi connectivity index (χ0v) is 10.0. The van der Waals surface area contributed by atoms with Crippen LogP contribution < -0.4 is 5.73 Å². The van der Waals surface area contributed by atoms with Crippen molar-refractivity contribution in [2.45, 2.75) is 0 Å². The van der Waals surface area contributed by atoms with Crippen molar-refractivity contribution < 1.29 is 19.7 Å². The summed E-state index contributed by atoms with van der Waals surface area (Å²) in [4.78, 5) is 34.2. The minimum absolute atomic E-state index is 0.0892. The van der Waals surface area contributed by atoms with Crippen LogP contribution in [0, 0.1) is 20.2 Å². The first kappa shape index (κ1) is 13.9. The molecule has 0 aromatic carbocycles. The number of hydrogen-bond donors (Lipinski definition) is 2. The van der Waals surface area contributed by atoms with Gasteiger partial charge < -0.3 is 10.8 Å². The molecule has 12 heteroatoms. The van der Waals surface area contributed by atoms with Crippen molar-refractivity contribution in [1.82, 2.24) is 14.8 Å². The van der Waals surface area contributed by atoms with Crippen molar-refractivity contribution in [2.24, 2.45) is 0 Å². The van der Waals surface area contributed by atoms with Crippen molar-refractivity contribution in [1.29, 1.82) is 0 Å². The minimum Gasteiger partial charge on any atom is -0.476 e. The number of pyridine rings is 1. The van der Waals surface area contributed by atoms with Crippen LogP contribution >= 0.6 is 0 Å². The predicted molar refractivity (Wildman–Crippen MR) is 66.0 cm³/mol. The summed E-state index contributed by atoms with van der Waals surface area (Å²) >= 11 is 0. The molecule has 2 heterocycles. The van der Waals surface area contributed by atoms with E-state index in [1.54, 1.807) is 0 Å². The maximum Gasteiger partial charge on any atom is 0.363 e. The lowest BCUT2D eigenvalue weighted by Gasteiger charge is -2.01. The third-order valence-corrected chi connectivity index (χ3v) is 2.41. The van der Waals surface area contributed by atoms with Gasteiger partial charge in [0.25, 0.3) is 0 Å². The van der Waals surface area contributed by atoms with Gasteiger partial charge in [-0.2, -0.15) is 5.10 Å². The van der Waals surface area contributed by atoms with Crippen molar-refractivity contribution in [3.63, 3.8) is 0 Å². The van der Waals surface area contributed by atoms with Gasteiger partial charge in [0.05, 0.1) is 9.85 Å². The Hall–Kier alpha value is -3.57. The number of nitrogens with zero attached hydrogens (tertiary/aromatic N) is 5. The number of anilines is 1. The maximum atomic E-state index is 10.9. The molecule has 21 heavy (non-hydrogen) atoms. The van der Waals surface area contributed by atoms with Crippen LogP contribution in [0.1, 0.15) is 10.5 Å². The molecule has 0 radical (unpaired) electrons. The van der Waals surface area contributed by atoms with Crippen LogP contribution in [0.4, 0.5) is 17.2 Å². The first-order valence-corrected chi connectivity index (χ1v) is 5.20. The van der Waals surface area contributed by atoms with Crippen molar-refractivity contribution in [3.05, 3.63) is 44.3 Å². The first-order chi connectivity index (χ1) is 9.81. The summed E-state index contributed by atoms with van der Waals surface area (Å²) in [6.45, 7) is 0. The van der Waals surface area contributed by atoms with E-state index in [9.17, 15) is 25.0 Å². The number of carboxylic acids is 1. The Morgan fingerprint density at radius 3 is 2.29 bits per heavy atom. The molecular weight excluding hydrogens is 288 g/mol. The third kappa shape index (κ3) is 2.44. The van der Waals surface area contributed by atoms with E-state index in [2.05, 4.69) is 10.1 Å². The molecule has 108 valence electrons. The fourth-order valence-corrected chi connectivity index (χ4v) is 1.51. The van der Waals surface area contributed by atoms with Gasteiger partial charge in [-0.25, -0.2) is 14.5 Å². The molecule has 0 bridgehead atoms. The highest BCUT2D eigenvalue weighted by Gasteiger charge is 2.26. The molecule has 3 N–H and O–H groups in total. The van der Waals surface area contributed by atoms with Crippen LogP contribution in [-0.2, 0) is 0 Å². The average molecular weight is 294 g/mol. The predicted octanol–water partition coefficient (Wildman–Crippen LogP) is 0.364. The molecule has 0 aliphatic carbocycles. The zero-order chi connectivity index (χ0) is 15.7. The Kier molecular flexibility index (Phi) is 3.19. The van der Waals surface area contributed by atoms with E-state index in [1.807, 2.05) is 0 Å². The van der Waals surface area contributed by atoms with Gasteiger partial charge in [0.2, 0.25) is 11.5 Å². The fourth-order valence-electron chi connectivity index (χ4n) is 1.51. The van der Waals surface area contributed by atoms with Gasteiger partial charge in [-0.15, -0.1) is 0 Å². The summed E-state index contributed by atoms with van der Waals surface area (Å²) in [6.07, 6.45) is 0.830. The Balaban J connectivity index is 2.55. The maximum absolute atomic E-state index is 10.9. The lowest BCUT2D eigenvalue weighted by molar-refractivity contribution is -0.385. The summed E-state index contributed by atoms with van der Waals surface area (Å²) in [6, 6.07) is 2.17. The fraction of sp³-hybridized carbons (Fsp3) is 0. The van der Waals surface area contributed by atoms with Gasteiger partial charge in [0.15, 0.2) is 5.82 Å². The molecule has 0 aliphatic heterocycles. The van der Waals surface area contributed by atoms with Crippen LogP contribution in [0.15, 0.2) is 18.3 Å². The number of hydrogen-bond acceptors (Lipinski definition) is 8. The Morgan fingerprint density at radius 2 is 1.86 bits per heavy atom. The van der Waals surface area contributed by atoms with Crippen molar-refractivity contribution in [3.8, 4) is 5.82 Å². The first-order valence-electron chi connectivity index (χ1n) is 5.20. The van der Waals surface area contributed by atoms with Gasteiger partial charge in [0, 0.05) is 6.07 Å². The molecule has 0 aliphatic rings. The highest BCUT2D eigenvalue weighted by Crippen LogP contribution is 2.23. The summed E-state index contributed by atoms with van der Waals surface area (Å²) in [5, 5.41) is 33.7. The molecule has 0 spiro atoms. The van der Waals surface area contributed by atoms with Gasteiger partial charge in [0.1, 0.15) is 6.20 Å². The molecule has 2 rings (SSSR count). The van der Waals surface area contributed by atoms with Crippen LogP contribution in [0.2, 0.25) is 0 Å². The summed E-state index contributed by atoms with van der Waals surface area (Å²) in [5.41, 5.74) is 3.42. The Morgan fingerprint density at radius 1 is 1.24 bits per heavy atom. The second kappa shape index (κ2) is 4.84. The van der Waals surface area contributed by atoms with Crippen molar-refractivity contribution >= 4 is 23.2 Å². The van der Waals surface area contributed by atoms with Gasteiger partial charge >= 0.3 is 17.3 Å². The lowest BCUT2D eigenvalue weighted by Crippen LogP contribution is -2.06. The summed E-state index contributed by atoms with van der Waals surface area (Å²) in [7, 11) is 0. The average Bonchev–Trinajstić information content (AvgIpc) is 2.83. The topological polar surface area (TPSA) is 180 Å². The number of aromatic carboxylic acids is 1.